The molecule has 0 amide bonds. The van der Waals surface area contributed by atoms with E-state index in [0.29, 0.717) is 37.7 Å². The topological polar surface area (TPSA) is 96.2 Å². The third kappa shape index (κ3) is 5.23. The molecule has 1 aliphatic heterocycles. The molecule has 0 fully saturated rings. The van der Waals surface area contributed by atoms with E-state index in [4.69, 9.17) is 19.2 Å². The third-order valence-electron chi connectivity index (χ3n) is 6.26. The maximum atomic E-state index is 14.0. The van der Waals surface area contributed by atoms with Crippen LogP contribution in [0.5, 0.6) is 11.5 Å². The lowest BCUT2D eigenvalue weighted by Gasteiger charge is -2.26. The molecule has 1 aromatic heterocycles. The summed E-state index contributed by atoms with van der Waals surface area (Å²) in [7, 11) is 1.57. The van der Waals surface area contributed by atoms with Crippen LogP contribution < -0.4 is 24.4 Å². The van der Waals surface area contributed by atoms with E-state index >= 15 is 0 Å². The van der Waals surface area contributed by atoms with Gasteiger partial charge in [-0.2, -0.15) is 0 Å². The molecule has 2 heterocycles. The number of hydrogen-bond donors (Lipinski definition) is 0. The lowest BCUT2D eigenvalue weighted by atomic mass is 9.93. The van der Waals surface area contributed by atoms with Crippen LogP contribution >= 0.6 is 11.3 Å². The number of hydrogen-bond acceptors (Lipinski definition) is 8. The second kappa shape index (κ2) is 11.5. The fraction of sp³-hybridized carbons (Fsp3) is 0.161. The molecule has 1 atom stereocenters. The van der Waals surface area contributed by atoms with Crippen molar-refractivity contribution in [1.29, 1.82) is 0 Å². The molecule has 40 heavy (non-hydrogen) atoms. The Morgan fingerprint density at radius 3 is 2.38 bits per heavy atom. The Bertz CT molecular complexity index is 1790. The quantitative estimate of drug-likeness (QED) is 0.254. The summed E-state index contributed by atoms with van der Waals surface area (Å²) in [6.07, 6.45) is 1.67. The summed E-state index contributed by atoms with van der Waals surface area (Å²) in [4.78, 5) is 44.4. The summed E-state index contributed by atoms with van der Waals surface area (Å²) in [5.41, 5.74) is 2.35. The molecule has 0 aliphatic carbocycles. The first kappa shape index (κ1) is 26.8. The van der Waals surface area contributed by atoms with E-state index in [1.165, 1.54) is 22.8 Å². The van der Waals surface area contributed by atoms with Crippen LogP contribution in [0, 0.1) is 0 Å². The van der Waals surface area contributed by atoms with Crippen molar-refractivity contribution < 1.29 is 23.8 Å². The van der Waals surface area contributed by atoms with Crippen molar-refractivity contribution >= 4 is 35.0 Å². The highest BCUT2D eigenvalue weighted by Crippen LogP contribution is 2.35. The first-order chi connectivity index (χ1) is 19.4. The first-order valence-corrected chi connectivity index (χ1v) is 13.4. The summed E-state index contributed by atoms with van der Waals surface area (Å²) < 4.78 is 18.1. The van der Waals surface area contributed by atoms with Gasteiger partial charge < -0.3 is 14.2 Å². The number of esters is 2. The minimum atomic E-state index is -0.803. The number of ether oxygens (including phenoxy) is 3. The zero-order chi connectivity index (χ0) is 28.2. The summed E-state index contributed by atoms with van der Waals surface area (Å²) in [6.45, 7) is 3.22. The number of aromatic nitrogens is 1. The van der Waals surface area contributed by atoms with Gasteiger partial charge in [0, 0.05) is 18.1 Å². The number of carbonyl (C=O) groups excluding carboxylic acids is 2. The van der Waals surface area contributed by atoms with Crippen LogP contribution in [0.2, 0.25) is 0 Å². The molecule has 202 valence electrons. The SMILES string of the molecule is CCOC(=O)C1=C(c2ccccc2)N=c2s/c(=C\c3ccccc3OC(C)=O)c(=O)n2[C@H]1c1ccc(OC)cc1. The smallest absolute Gasteiger partial charge is 0.338 e. The van der Waals surface area contributed by atoms with Gasteiger partial charge >= 0.3 is 11.9 Å². The number of methoxy groups -OCH3 is 1. The van der Waals surface area contributed by atoms with Crippen molar-refractivity contribution in [3.8, 4) is 11.5 Å². The molecule has 0 unspecified atom stereocenters. The second-order valence-corrected chi connectivity index (χ2v) is 9.85. The van der Waals surface area contributed by atoms with Gasteiger partial charge in [0.1, 0.15) is 11.5 Å². The highest BCUT2D eigenvalue weighted by Gasteiger charge is 2.35. The van der Waals surface area contributed by atoms with Crippen LogP contribution in [0.3, 0.4) is 0 Å². The van der Waals surface area contributed by atoms with Crippen LogP contribution in [0.25, 0.3) is 11.8 Å². The average Bonchev–Trinajstić information content (AvgIpc) is 3.28. The third-order valence-corrected chi connectivity index (χ3v) is 7.25. The first-order valence-electron chi connectivity index (χ1n) is 12.6. The summed E-state index contributed by atoms with van der Waals surface area (Å²) >= 11 is 1.19. The van der Waals surface area contributed by atoms with E-state index in [-0.39, 0.29) is 17.7 Å². The van der Waals surface area contributed by atoms with Gasteiger partial charge in [0.2, 0.25) is 0 Å². The van der Waals surface area contributed by atoms with E-state index in [1.807, 2.05) is 42.5 Å². The number of para-hydroxylation sites is 1. The molecule has 0 saturated heterocycles. The van der Waals surface area contributed by atoms with Gasteiger partial charge in [0.15, 0.2) is 4.80 Å². The van der Waals surface area contributed by atoms with Crippen molar-refractivity contribution in [2.45, 2.75) is 19.9 Å². The minimum Gasteiger partial charge on any atom is -0.497 e. The second-order valence-electron chi connectivity index (χ2n) is 8.84. The van der Waals surface area contributed by atoms with Gasteiger partial charge in [-0.1, -0.05) is 72.0 Å². The van der Waals surface area contributed by atoms with E-state index in [9.17, 15) is 14.4 Å². The van der Waals surface area contributed by atoms with Crippen LogP contribution in [0.15, 0.2) is 94.2 Å². The fourth-order valence-electron chi connectivity index (χ4n) is 4.53. The normalized spacial score (nSPS) is 14.8. The van der Waals surface area contributed by atoms with Crippen molar-refractivity contribution in [3.05, 3.63) is 121 Å². The van der Waals surface area contributed by atoms with Gasteiger partial charge in [-0.25, -0.2) is 9.79 Å². The predicted molar refractivity (Wildman–Crippen MR) is 152 cm³/mol. The Balaban J connectivity index is 1.81. The maximum Gasteiger partial charge on any atom is 0.338 e. The number of fused-ring (bicyclic) bond motifs is 1. The molecule has 8 nitrogen and oxygen atoms in total. The standard InChI is InChI=1S/C31H26N2O6S/c1-4-38-30(36)26-27(20-10-6-5-7-11-20)32-31-33(28(26)21-14-16-23(37-3)17-15-21)29(35)25(40-31)18-22-12-8-9-13-24(22)39-19(2)34/h5-18,28H,4H2,1-3H3/b25-18-/t28-/m0/s1. The zero-order valence-electron chi connectivity index (χ0n) is 22.1. The number of thiazole rings is 1. The minimum absolute atomic E-state index is 0.164. The monoisotopic (exact) mass is 554 g/mol. The Labute approximate surface area is 234 Å². The number of carbonyl (C=O) groups is 2. The molecule has 3 aromatic carbocycles. The molecular formula is C31H26N2O6S. The highest BCUT2D eigenvalue weighted by molar-refractivity contribution is 7.07. The van der Waals surface area contributed by atoms with Gasteiger partial charge in [-0.05, 0) is 36.8 Å². The van der Waals surface area contributed by atoms with Gasteiger partial charge in [-0.15, -0.1) is 0 Å². The molecule has 5 rings (SSSR count). The molecule has 1 aliphatic rings. The van der Waals surface area contributed by atoms with Crippen LogP contribution in [0.1, 0.15) is 36.6 Å². The Hall–Kier alpha value is -4.76. The van der Waals surface area contributed by atoms with Gasteiger partial charge in [0.25, 0.3) is 5.56 Å². The number of nitrogens with zero attached hydrogens (tertiary/aromatic N) is 2. The molecule has 9 heteroatoms. The van der Waals surface area contributed by atoms with Crippen molar-refractivity contribution in [2.75, 3.05) is 13.7 Å². The molecule has 4 aromatic rings. The molecule has 0 saturated carbocycles. The fourth-order valence-corrected chi connectivity index (χ4v) is 5.52. The molecular weight excluding hydrogens is 528 g/mol. The highest BCUT2D eigenvalue weighted by atomic mass is 32.1. The lowest BCUT2D eigenvalue weighted by Crippen LogP contribution is -2.40. The Morgan fingerprint density at radius 1 is 1.00 bits per heavy atom. The summed E-state index contributed by atoms with van der Waals surface area (Å²) in [5, 5.41) is 0. The summed E-state index contributed by atoms with van der Waals surface area (Å²) in [6, 6.07) is 22.7. The number of rotatable bonds is 7. The molecule has 0 bridgehead atoms. The average molecular weight is 555 g/mol. The lowest BCUT2D eigenvalue weighted by molar-refractivity contribution is -0.139. The van der Waals surface area contributed by atoms with Crippen LogP contribution in [0.4, 0.5) is 0 Å². The molecule has 0 radical (unpaired) electrons. The predicted octanol–water partition coefficient (Wildman–Crippen LogP) is 3.87. The summed E-state index contributed by atoms with van der Waals surface area (Å²) in [5.74, 6) is -0.0401. The van der Waals surface area contributed by atoms with E-state index < -0.39 is 18.0 Å². The van der Waals surface area contributed by atoms with E-state index in [0.717, 1.165) is 5.56 Å². The number of benzene rings is 3. The van der Waals surface area contributed by atoms with Crippen molar-refractivity contribution in [2.24, 2.45) is 4.99 Å². The molecule has 0 spiro atoms. The van der Waals surface area contributed by atoms with Gasteiger partial charge in [0.05, 0.1) is 35.6 Å². The van der Waals surface area contributed by atoms with Crippen LogP contribution in [-0.2, 0) is 14.3 Å². The maximum absolute atomic E-state index is 14.0. The zero-order valence-corrected chi connectivity index (χ0v) is 22.9. The van der Waals surface area contributed by atoms with Crippen LogP contribution in [-0.4, -0.2) is 30.2 Å². The Morgan fingerprint density at radius 2 is 1.70 bits per heavy atom. The van der Waals surface area contributed by atoms with Gasteiger partial charge in [-0.3, -0.25) is 14.2 Å². The van der Waals surface area contributed by atoms with Crippen molar-refractivity contribution in [1.82, 2.24) is 4.57 Å². The van der Waals surface area contributed by atoms with E-state index in [2.05, 4.69) is 0 Å². The largest absolute Gasteiger partial charge is 0.497 e. The molecule has 0 N–H and O–H groups in total. The van der Waals surface area contributed by atoms with Crippen molar-refractivity contribution in [3.63, 3.8) is 0 Å². The van der Waals surface area contributed by atoms with E-state index in [1.54, 1.807) is 56.5 Å². The Kier molecular flexibility index (Phi) is 7.75.